The average Bonchev–Trinajstić information content (AvgIpc) is 3.17. The number of ether oxygens (including phenoxy) is 1. The van der Waals surface area contributed by atoms with E-state index in [2.05, 4.69) is 37.9 Å². The molecule has 8 atom stereocenters. The molecular weight excluding hydrogens is 434 g/mol. The number of ketones is 1. The molecule has 1 aromatic heterocycles. The average molecular weight is 472 g/mol. The summed E-state index contributed by atoms with van der Waals surface area (Å²) in [6.07, 6.45) is 4.99. The van der Waals surface area contributed by atoms with Crippen LogP contribution in [0.1, 0.15) is 70.2 Å². The van der Waals surface area contributed by atoms with Gasteiger partial charge in [-0.15, -0.1) is 11.4 Å². The summed E-state index contributed by atoms with van der Waals surface area (Å²) in [5.41, 5.74) is 0.193. The van der Waals surface area contributed by atoms with Crippen LogP contribution in [0.25, 0.3) is 0 Å². The quantitative estimate of drug-likeness (QED) is 0.513. The summed E-state index contributed by atoms with van der Waals surface area (Å²) in [6, 6.07) is 1.35. The first-order valence-electron chi connectivity index (χ1n) is 12.3. The molecule has 0 spiro atoms. The molecule has 2 bridgehead atoms. The fourth-order valence-electron chi connectivity index (χ4n) is 7.42. The van der Waals surface area contributed by atoms with Gasteiger partial charge in [0.05, 0.1) is 12.3 Å². The van der Waals surface area contributed by atoms with Crippen LogP contribution < -0.4 is 11.0 Å². The van der Waals surface area contributed by atoms with Crippen molar-refractivity contribution in [3.05, 3.63) is 40.8 Å². The van der Waals surface area contributed by atoms with Gasteiger partial charge >= 0.3 is 11.5 Å². The van der Waals surface area contributed by atoms with Crippen LogP contribution in [0.3, 0.4) is 0 Å². The van der Waals surface area contributed by atoms with Crippen LogP contribution >= 0.6 is 0 Å². The van der Waals surface area contributed by atoms with E-state index in [4.69, 9.17) is 4.74 Å². The Morgan fingerprint density at radius 1 is 1.32 bits per heavy atom. The molecule has 0 amide bonds. The zero-order chi connectivity index (χ0) is 25.1. The number of rotatable bonds is 4. The fourth-order valence-corrected chi connectivity index (χ4v) is 7.42. The number of hydrogen-bond acceptors (Lipinski definition) is 7. The van der Waals surface area contributed by atoms with E-state index in [1.54, 1.807) is 6.08 Å². The summed E-state index contributed by atoms with van der Waals surface area (Å²) in [4.78, 5) is 40.5. The van der Waals surface area contributed by atoms with Gasteiger partial charge in [-0.1, -0.05) is 33.8 Å². The Kier molecular flexibility index (Phi) is 6.03. The Hall–Kier alpha value is -2.48. The molecule has 3 fully saturated rings. The SMILES string of the molecule is C=C[C@]1(C)C[C@@H](OC(=O)c2ccnn(NC)c2=O)[C@]2(C)C(C)CC[C@]3(CCC(=O)C32)[C@@H](C)[C@@H]1O. The lowest BCUT2D eigenvalue weighted by Crippen LogP contribution is -2.63. The van der Waals surface area contributed by atoms with Gasteiger partial charge in [0.1, 0.15) is 17.5 Å². The third kappa shape index (κ3) is 3.28. The number of aromatic nitrogens is 2. The van der Waals surface area contributed by atoms with Gasteiger partial charge in [-0.3, -0.25) is 9.59 Å². The van der Waals surface area contributed by atoms with Crippen molar-refractivity contribution in [1.29, 1.82) is 0 Å². The third-order valence-electron chi connectivity index (χ3n) is 9.83. The van der Waals surface area contributed by atoms with Crippen molar-refractivity contribution in [2.45, 2.75) is 72.0 Å². The van der Waals surface area contributed by atoms with Gasteiger partial charge in [-0.2, -0.15) is 5.10 Å². The van der Waals surface area contributed by atoms with E-state index >= 15 is 0 Å². The van der Waals surface area contributed by atoms with Gasteiger partial charge in [0.2, 0.25) is 0 Å². The van der Waals surface area contributed by atoms with Crippen molar-refractivity contribution >= 4 is 11.8 Å². The monoisotopic (exact) mass is 471 g/mol. The largest absolute Gasteiger partial charge is 0.458 e. The zero-order valence-electron chi connectivity index (χ0n) is 20.8. The van der Waals surface area contributed by atoms with Gasteiger partial charge in [-0.25, -0.2) is 4.79 Å². The molecular formula is C26H37N3O5. The summed E-state index contributed by atoms with van der Waals surface area (Å²) in [6.45, 7) is 12.2. The first-order chi connectivity index (χ1) is 16.0. The summed E-state index contributed by atoms with van der Waals surface area (Å²) >= 11 is 0. The summed E-state index contributed by atoms with van der Waals surface area (Å²) < 4.78 is 6.17. The highest BCUT2D eigenvalue weighted by molar-refractivity contribution is 5.89. The lowest BCUT2D eigenvalue weighted by Gasteiger charge is -2.61. The van der Waals surface area contributed by atoms with Crippen molar-refractivity contribution in [2.75, 3.05) is 12.5 Å². The molecule has 2 N–H and O–H groups in total. The van der Waals surface area contributed by atoms with Crippen LogP contribution in [0.5, 0.6) is 0 Å². The number of carbonyl (C=O) groups excluding carboxylic acids is 2. The van der Waals surface area contributed by atoms with Crippen LogP contribution in [-0.2, 0) is 9.53 Å². The Morgan fingerprint density at radius 3 is 2.68 bits per heavy atom. The van der Waals surface area contributed by atoms with Crippen LogP contribution in [0.2, 0.25) is 0 Å². The maximum absolute atomic E-state index is 13.4. The molecule has 4 rings (SSSR count). The Balaban J connectivity index is 1.85. The maximum Gasteiger partial charge on any atom is 0.344 e. The highest BCUT2D eigenvalue weighted by atomic mass is 16.5. The normalized spacial score (nSPS) is 41.7. The summed E-state index contributed by atoms with van der Waals surface area (Å²) in [5, 5.41) is 15.5. The van der Waals surface area contributed by atoms with Gasteiger partial charge in [-0.05, 0) is 49.0 Å². The van der Waals surface area contributed by atoms with Crippen LogP contribution in [0.4, 0.5) is 0 Å². The van der Waals surface area contributed by atoms with E-state index in [0.29, 0.717) is 12.8 Å². The van der Waals surface area contributed by atoms with E-state index in [9.17, 15) is 19.5 Å². The second-order valence-electron chi connectivity index (χ2n) is 11.2. The van der Waals surface area contributed by atoms with Crippen molar-refractivity contribution in [2.24, 2.45) is 34.0 Å². The predicted octanol–water partition coefficient (Wildman–Crippen LogP) is 2.94. The molecule has 0 saturated heterocycles. The van der Waals surface area contributed by atoms with E-state index in [1.165, 1.54) is 19.3 Å². The van der Waals surface area contributed by atoms with Crippen LogP contribution in [0, 0.1) is 34.0 Å². The number of nitrogens with zero attached hydrogens (tertiary/aromatic N) is 2. The fraction of sp³-hybridized carbons (Fsp3) is 0.692. The van der Waals surface area contributed by atoms with Crippen molar-refractivity contribution in [3.63, 3.8) is 0 Å². The maximum atomic E-state index is 13.4. The molecule has 34 heavy (non-hydrogen) atoms. The highest BCUT2D eigenvalue weighted by Gasteiger charge is 2.68. The van der Waals surface area contributed by atoms with Crippen LogP contribution in [-0.4, -0.2) is 46.0 Å². The number of aliphatic hydroxyl groups is 1. The second kappa shape index (κ2) is 8.33. The summed E-state index contributed by atoms with van der Waals surface area (Å²) in [5.74, 6) is -0.845. The molecule has 0 aliphatic heterocycles. The Morgan fingerprint density at radius 2 is 2.03 bits per heavy atom. The number of hydrogen-bond donors (Lipinski definition) is 2. The van der Waals surface area contributed by atoms with Gasteiger partial charge in [0, 0.05) is 30.2 Å². The number of aliphatic hydroxyl groups excluding tert-OH is 1. The van der Waals surface area contributed by atoms with E-state index in [0.717, 1.165) is 24.1 Å². The standard InChI is InChI=1S/C26H37N3O5/c1-7-24(4)14-19(34-23(33)17-10-13-28-29(27-6)22(17)32)25(5)15(2)8-11-26(16(3)21(24)31)12-9-18(30)20(25)26/h7,10,13,15-16,19-21,27,31H,1,8-9,11-12,14H2,2-6H3/t15?,16-,19+,20?,21-,24+,25-,26-/m0/s1. The van der Waals surface area contributed by atoms with Crippen LogP contribution in [0.15, 0.2) is 29.7 Å². The Labute approximate surface area is 200 Å². The topological polar surface area (TPSA) is 111 Å². The molecule has 3 aliphatic rings. The minimum absolute atomic E-state index is 0.0987. The van der Waals surface area contributed by atoms with Crippen molar-refractivity contribution in [3.8, 4) is 0 Å². The number of nitrogens with one attached hydrogen (secondary N) is 1. The molecule has 3 saturated carbocycles. The molecule has 8 nitrogen and oxygen atoms in total. The second-order valence-corrected chi connectivity index (χ2v) is 11.2. The van der Waals surface area contributed by atoms with Gasteiger partial charge in [0.15, 0.2) is 0 Å². The lowest BCUT2D eigenvalue weighted by atomic mass is 9.44. The zero-order valence-corrected chi connectivity index (χ0v) is 20.8. The number of esters is 1. The van der Waals surface area contributed by atoms with Gasteiger partial charge < -0.3 is 15.3 Å². The smallest absolute Gasteiger partial charge is 0.344 e. The first kappa shape index (κ1) is 24.6. The molecule has 2 unspecified atom stereocenters. The molecule has 1 aromatic rings. The highest BCUT2D eigenvalue weighted by Crippen LogP contribution is 2.68. The molecule has 0 aromatic carbocycles. The molecule has 3 aliphatic carbocycles. The molecule has 186 valence electrons. The molecule has 0 radical (unpaired) electrons. The van der Waals surface area contributed by atoms with E-state index < -0.39 is 34.6 Å². The van der Waals surface area contributed by atoms with Gasteiger partial charge in [0.25, 0.3) is 0 Å². The minimum Gasteiger partial charge on any atom is -0.458 e. The van der Waals surface area contributed by atoms with E-state index in [1.807, 2.05) is 6.92 Å². The molecule has 8 heteroatoms. The predicted molar refractivity (Wildman–Crippen MR) is 128 cm³/mol. The lowest BCUT2D eigenvalue weighted by molar-refractivity contribution is -0.192. The van der Waals surface area contributed by atoms with E-state index in [-0.39, 0.29) is 34.5 Å². The molecule has 1 heterocycles. The number of carbonyl (C=O) groups is 2. The Bertz CT molecular complexity index is 1070. The van der Waals surface area contributed by atoms with Crippen molar-refractivity contribution < 1.29 is 19.4 Å². The number of Topliss-reactive ketones (excluding diaryl/α,β-unsaturated/α-hetero) is 1. The minimum atomic E-state index is -0.744. The van der Waals surface area contributed by atoms with Crippen molar-refractivity contribution in [1.82, 2.24) is 9.89 Å². The summed E-state index contributed by atoms with van der Waals surface area (Å²) in [7, 11) is 1.53. The third-order valence-corrected chi connectivity index (χ3v) is 9.83. The first-order valence-corrected chi connectivity index (χ1v) is 12.3.